The lowest BCUT2D eigenvalue weighted by atomic mass is 9.96. The second-order valence-corrected chi connectivity index (χ2v) is 5.19. The Labute approximate surface area is 138 Å². The number of nitrogens with one attached hydrogen (secondary N) is 1. The van der Waals surface area contributed by atoms with Crippen LogP contribution in [0.15, 0.2) is 53.6 Å². The summed E-state index contributed by atoms with van der Waals surface area (Å²) < 4.78 is 39.7. The first-order valence-electron chi connectivity index (χ1n) is 7.02. The van der Waals surface area contributed by atoms with Gasteiger partial charge in [-0.25, -0.2) is 4.79 Å². The molecule has 1 aromatic heterocycles. The fourth-order valence-electron chi connectivity index (χ4n) is 2.32. The van der Waals surface area contributed by atoms with Gasteiger partial charge in [0.05, 0.1) is 5.56 Å². The molecule has 3 aromatic rings. The summed E-state index contributed by atoms with van der Waals surface area (Å²) in [6.07, 6.45) is -3.56. The summed E-state index contributed by atoms with van der Waals surface area (Å²) in [5.74, 6) is -0.841. The molecule has 0 atom stereocenters. The van der Waals surface area contributed by atoms with Crippen LogP contribution in [0, 0.1) is 0 Å². The summed E-state index contributed by atoms with van der Waals surface area (Å²) in [5.41, 5.74) is 4.61. The minimum absolute atomic E-state index is 0.0229. The molecular formula is C16H11F3N4O2. The van der Waals surface area contributed by atoms with Gasteiger partial charge in [-0.2, -0.15) is 18.3 Å². The molecule has 0 fully saturated rings. The Morgan fingerprint density at radius 3 is 2.36 bits per heavy atom. The molecular weight excluding hydrogens is 337 g/mol. The van der Waals surface area contributed by atoms with Crippen molar-refractivity contribution >= 4 is 11.6 Å². The number of hydrogen-bond donors (Lipinski definition) is 2. The Hall–Kier alpha value is -3.36. The monoisotopic (exact) mass is 348 g/mol. The van der Waals surface area contributed by atoms with E-state index in [1.807, 2.05) is 0 Å². The number of carbonyl (C=O) groups is 1. The average Bonchev–Trinajstić information content (AvgIpc) is 2.99. The molecule has 25 heavy (non-hydrogen) atoms. The largest absolute Gasteiger partial charge is 0.416 e. The lowest BCUT2D eigenvalue weighted by Crippen LogP contribution is -2.26. The molecule has 0 radical (unpaired) electrons. The topological polar surface area (TPSA) is 93.8 Å². The van der Waals surface area contributed by atoms with Crippen LogP contribution in [-0.4, -0.2) is 20.7 Å². The normalized spacial score (nSPS) is 11.5. The Bertz CT molecular complexity index is 988. The number of aromatic nitrogens is 3. The maximum absolute atomic E-state index is 13.0. The molecule has 3 rings (SSSR count). The van der Waals surface area contributed by atoms with Crippen molar-refractivity contribution in [1.29, 1.82) is 0 Å². The highest BCUT2D eigenvalue weighted by atomic mass is 19.4. The highest BCUT2D eigenvalue weighted by molar-refractivity contribution is 6.01. The third-order valence-electron chi connectivity index (χ3n) is 3.54. The number of nitrogen functional groups attached to an aromatic ring is 1. The van der Waals surface area contributed by atoms with E-state index in [0.29, 0.717) is 15.9 Å². The van der Waals surface area contributed by atoms with Crippen molar-refractivity contribution in [3.8, 4) is 11.1 Å². The van der Waals surface area contributed by atoms with E-state index in [-0.39, 0.29) is 11.1 Å². The number of alkyl halides is 3. The third kappa shape index (κ3) is 3.16. The van der Waals surface area contributed by atoms with E-state index >= 15 is 0 Å². The summed E-state index contributed by atoms with van der Waals surface area (Å²) in [4.78, 5) is 26.3. The van der Waals surface area contributed by atoms with E-state index in [1.54, 1.807) is 0 Å². The lowest BCUT2D eigenvalue weighted by Gasteiger charge is -2.13. The first kappa shape index (κ1) is 16.5. The Balaban J connectivity index is 2.21. The van der Waals surface area contributed by atoms with Crippen molar-refractivity contribution in [2.75, 3.05) is 5.73 Å². The zero-order chi connectivity index (χ0) is 18.2. The van der Waals surface area contributed by atoms with Crippen molar-refractivity contribution in [2.45, 2.75) is 6.18 Å². The van der Waals surface area contributed by atoms with Crippen molar-refractivity contribution in [1.82, 2.24) is 14.8 Å². The molecule has 0 saturated heterocycles. The van der Waals surface area contributed by atoms with Crippen LogP contribution >= 0.6 is 0 Å². The molecule has 0 amide bonds. The zero-order valence-corrected chi connectivity index (χ0v) is 12.5. The smallest absolute Gasteiger partial charge is 0.399 e. The number of rotatable bonds is 2. The minimum atomic E-state index is -4.58. The molecule has 0 aliphatic rings. The highest BCUT2D eigenvalue weighted by Gasteiger charge is 2.32. The second-order valence-electron chi connectivity index (χ2n) is 5.19. The molecule has 6 nitrogen and oxygen atoms in total. The van der Waals surface area contributed by atoms with Crippen LogP contribution in [-0.2, 0) is 6.18 Å². The Morgan fingerprint density at radius 2 is 1.80 bits per heavy atom. The molecule has 0 aliphatic carbocycles. The van der Waals surface area contributed by atoms with Gasteiger partial charge in [0.2, 0.25) is 0 Å². The number of carbonyl (C=O) groups excluding carboxylic acids is 1. The number of halogens is 3. The van der Waals surface area contributed by atoms with E-state index in [1.165, 1.54) is 24.3 Å². The zero-order valence-electron chi connectivity index (χ0n) is 12.5. The number of anilines is 1. The summed E-state index contributed by atoms with van der Waals surface area (Å²) in [6, 6.07) is 8.67. The van der Waals surface area contributed by atoms with Gasteiger partial charge in [0, 0.05) is 11.3 Å². The number of benzene rings is 2. The molecule has 1 heterocycles. The van der Waals surface area contributed by atoms with Crippen LogP contribution in [0.5, 0.6) is 0 Å². The number of nitrogens with two attached hydrogens (primary N) is 1. The fourth-order valence-corrected chi connectivity index (χ4v) is 2.32. The van der Waals surface area contributed by atoms with Gasteiger partial charge in [0.1, 0.15) is 6.33 Å². The lowest BCUT2D eigenvalue weighted by molar-refractivity contribution is -0.137. The van der Waals surface area contributed by atoms with Crippen LogP contribution in [0.2, 0.25) is 0 Å². The summed E-state index contributed by atoms with van der Waals surface area (Å²) >= 11 is 0. The van der Waals surface area contributed by atoms with E-state index < -0.39 is 23.3 Å². The summed E-state index contributed by atoms with van der Waals surface area (Å²) in [6.45, 7) is 0. The van der Waals surface area contributed by atoms with Gasteiger partial charge in [0.25, 0.3) is 5.91 Å². The van der Waals surface area contributed by atoms with Crippen molar-refractivity contribution < 1.29 is 18.0 Å². The van der Waals surface area contributed by atoms with Crippen LogP contribution in [0.1, 0.15) is 15.9 Å². The molecule has 3 N–H and O–H groups in total. The summed E-state index contributed by atoms with van der Waals surface area (Å²) in [7, 11) is 0. The first-order chi connectivity index (χ1) is 11.8. The SMILES string of the molecule is Nc1ccc(-c2cc(C(F)(F)F)ccc2C(=O)n2nc[nH]c2=O)cc1. The van der Waals surface area contributed by atoms with Crippen LogP contribution in [0.3, 0.4) is 0 Å². The molecule has 0 bridgehead atoms. The number of H-pyrrole nitrogens is 1. The van der Waals surface area contributed by atoms with Crippen molar-refractivity contribution in [3.63, 3.8) is 0 Å². The second kappa shape index (κ2) is 5.93. The summed E-state index contributed by atoms with van der Waals surface area (Å²) in [5, 5.41) is 3.57. The minimum Gasteiger partial charge on any atom is -0.399 e. The number of hydrogen-bond acceptors (Lipinski definition) is 4. The molecule has 0 spiro atoms. The van der Waals surface area contributed by atoms with E-state index in [9.17, 15) is 22.8 Å². The van der Waals surface area contributed by atoms with Gasteiger partial charge in [-0.1, -0.05) is 12.1 Å². The predicted octanol–water partition coefficient (Wildman–Crippen LogP) is 2.53. The third-order valence-corrected chi connectivity index (χ3v) is 3.54. The Kier molecular flexibility index (Phi) is 3.91. The molecule has 128 valence electrons. The van der Waals surface area contributed by atoms with Crippen molar-refractivity contribution in [2.24, 2.45) is 0 Å². The number of aromatic amines is 1. The van der Waals surface area contributed by atoms with Gasteiger partial charge in [0.15, 0.2) is 0 Å². The average molecular weight is 348 g/mol. The fraction of sp³-hybridized carbons (Fsp3) is 0.0625. The van der Waals surface area contributed by atoms with Gasteiger partial charge in [-0.05, 0) is 41.5 Å². The Morgan fingerprint density at radius 1 is 1.12 bits per heavy atom. The van der Waals surface area contributed by atoms with E-state index in [4.69, 9.17) is 5.73 Å². The first-order valence-corrected chi connectivity index (χ1v) is 7.02. The van der Waals surface area contributed by atoms with Gasteiger partial charge >= 0.3 is 11.9 Å². The van der Waals surface area contributed by atoms with E-state index in [0.717, 1.165) is 24.5 Å². The standard InChI is InChI=1S/C16H11F3N4O2/c17-16(18,19)10-3-6-12(14(24)23-15(25)21-8-22-23)13(7-10)9-1-4-11(20)5-2-9/h1-8H,20H2,(H,21,22,25). The maximum atomic E-state index is 13.0. The molecule has 9 heteroatoms. The van der Waals surface area contributed by atoms with Crippen molar-refractivity contribution in [3.05, 3.63) is 70.4 Å². The molecule has 0 unspecified atom stereocenters. The predicted molar refractivity (Wildman–Crippen MR) is 83.9 cm³/mol. The van der Waals surface area contributed by atoms with Gasteiger partial charge in [-0.15, -0.1) is 4.68 Å². The number of nitrogens with zero attached hydrogens (tertiary/aromatic N) is 2. The maximum Gasteiger partial charge on any atom is 0.416 e. The van der Waals surface area contributed by atoms with Gasteiger partial charge in [-0.3, -0.25) is 9.78 Å². The van der Waals surface area contributed by atoms with Crippen LogP contribution < -0.4 is 11.4 Å². The molecule has 0 saturated carbocycles. The molecule has 0 aliphatic heterocycles. The van der Waals surface area contributed by atoms with Crippen LogP contribution in [0.4, 0.5) is 18.9 Å². The van der Waals surface area contributed by atoms with Gasteiger partial charge < -0.3 is 5.73 Å². The highest BCUT2D eigenvalue weighted by Crippen LogP contribution is 2.34. The quantitative estimate of drug-likeness (QED) is 0.696. The van der Waals surface area contributed by atoms with E-state index in [2.05, 4.69) is 10.1 Å². The van der Waals surface area contributed by atoms with Crippen LogP contribution in [0.25, 0.3) is 11.1 Å². The molecule has 2 aromatic carbocycles.